The van der Waals surface area contributed by atoms with Crippen LogP contribution >= 0.6 is 15.6 Å². The second-order valence-corrected chi connectivity index (χ2v) is 38.2. The Morgan fingerprint density at radius 2 is 0.382 bits per heavy atom. The van der Waals surface area contributed by atoms with Crippen molar-refractivity contribution in [2.45, 2.75) is 476 Å². The lowest BCUT2D eigenvalue weighted by Crippen LogP contribution is -2.30. The summed E-state index contributed by atoms with van der Waals surface area (Å²) in [6.07, 6.45) is 138. The molecule has 0 amide bonds. The van der Waals surface area contributed by atoms with Gasteiger partial charge in [0, 0.05) is 19.3 Å². The summed E-state index contributed by atoms with van der Waals surface area (Å²) >= 11 is 0. The van der Waals surface area contributed by atoms with Crippen LogP contribution in [0.25, 0.3) is 0 Å². The van der Waals surface area contributed by atoms with E-state index in [1.165, 1.54) is 231 Å². The minimum Gasteiger partial charge on any atom is -0.463 e. The topological polar surface area (TPSA) is 231 Å². The van der Waals surface area contributed by atoms with Crippen LogP contribution in [0.2, 0.25) is 0 Å². The number of hydrogen-bond acceptors (Lipinski definition) is 14. The van der Waals surface area contributed by atoms with Crippen molar-refractivity contribution >= 4 is 33.6 Å². The van der Waals surface area contributed by atoms with Gasteiger partial charge in [-0.15, -0.1) is 0 Å². The van der Waals surface area contributed by atoms with E-state index in [1.807, 2.05) is 0 Å². The van der Waals surface area contributed by atoms with Gasteiger partial charge in [-0.2, -0.15) is 0 Å². The molecule has 0 aromatic heterocycles. The number of esters is 3. The highest BCUT2D eigenvalue weighted by Crippen LogP contribution is 2.45. The van der Waals surface area contributed by atoms with Gasteiger partial charge in [-0.25, -0.2) is 9.13 Å². The van der Waals surface area contributed by atoms with E-state index in [4.69, 9.17) is 32.3 Å². The molecule has 0 saturated carbocycles. The van der Waals surface area contributed by atoms with Gasteiger partial charge in [0.1, 0.15) is 25.4 Å². The minimum absolute atomic E-state index is 0.101. The number of aliphatic hydroxyl groups is 2. The van der Waals surface area contributed by atoms with Crippen molar-refractivity contribution < 1.29 is 75.8 Å². The van der Waals surface area contributed by atoms with Crippen molar-refractivity contribution in [2.24, 2.45) is 0 Å². The zero-order valence-electron chi connectivity index (χ0n) is 83.5. The van der Waals surface area contributed by atoms with Crippen LogP contribution in [0.15, 0.2) is 182 Å². The molecule has 0 bridgehead atoms. The van der Waals surface area contributed by atoms with Crippen LogP contribution in [0.1, 0.15) is 457 Å². The molecule has 0 aliphatic rings. The van der Waals surface area contributed by atoms with Gasteiger partial charge in [0.05, 0.1) is 26.4 Å². The zero-order valence-corrected chi connectivity index (χ0v) is 85.2. The molecule has 18 heteroatoms. The second kappa shape index (κ2) is 104. The van der Waals surface area contributed by atoms with E-state index in [0.717, 1.165) is 167 Å². The van der Waals surface area contributed by atoms with E-state index in [-0.39, 0.29) is 19.3 Å². The van der Waals surface area contributed by atoms with Crippen LogP contribution < -0.4 is 0 Å². The summed E-state index contributed by atoms with van der Waals surface area (Å²) in [6, 6.07) is 0. The van der Waals surface area contributed by atoms with Gasteiger partial charge < -0.3 is 34.2 Å². The lowest BCUT2D eigenvalue weighted by atomic mass is 10.0. The highest BCUT2D eigenvalue weighted by atomic mass is 31.2. The predicted octanol–water partition coefficient (Wildman–Crippen LogP) is 33.9. The Morgan fingerprint density at radius 3 is 0.603 bits per heavy atom. The predicted molar refractivity (Wildman–Crippen MR) is 555 cm³/mol. The normalized spacial score (nSPS) is 14.3. The summed E-state index contributed by atoms with van der Waals surface area (Å²) in [6.45, 7) is 2.43. The summed E-state index contributed by atoms with van der Waals surface area (Å²) in [4.78, 5) is 59.3. The maximum atomic E-state index is 13.1. The van der Waals surface area contributed by atoms with Gasteiger partial charge in [0.25, 0.3) is 0 Å². The number of phosphoric acid groups is 2. The largest absolute Gasteiger partial charge is 0.472 e. The molecule has 0 heterocycles. The molecule has 4 N–H and O–H groups in total. The van der Waals surface area contributed by atoms with Crippen LogP contribution in [0.3, 0.4) is 0 Å². The van der Waals surface area contributed by atoms with E-state index < -0.39 is 91.5 Å². The number of hydrogen-bond donors (Lipinski definition) is 4. The Morgan fingerprint density at radius 1 is 0.214 bits per heavy atom. The molecular formula is C113H194O16P2. The first kappa shape index (κ1) is 126. The summed E-state index contributed by atoms with van der Waals surface area (Å²) in [7, 11) is -9.82. The number of rotatable bonds is 100. The van der Waals surface area contributed by atoms with E-state index in [1.54, 1.807) is 0 Å². The molecular weight excluding hydrogens is 1680 g/mol. The number of phosphoric ester groups is 2. The van der Waals surface area contributed by atoms with Crippen LogP contribution in [-0.2, 0) is 55.8 Å². The van der Waals surface area contributed by atoms with Crippen molar-refractivity contribution in [1.29, 1.82) is 0 Å². The first-order chi connectivity index (χ1) is 64.2. The molecule has 0 aromatic carbocycles. The average molecular weight is 1870 g/mol. The third-order valence-electron chi connectivity index (χ3n) is 22.6. The highest BCUT2D eigenvalue weighted by Gasteiger charge is 2.30. The van der Waals surface area contributed by atoms with Gasteiger partial charge in [-0.1, -0.05) is 466 Å². The highest BCUT2D eigenvalue weighted by molar-refractivity contribution is 7.47. The molecule has 131 heavy (non-hydrogen) atoms. The first-order valence-corrected chi connectivity index (χ1v) is 56.1. The standard InChI is InChI=1S/C113H194O16P2/c1-4-7-10-13-16-19-22-25-28-31-34-37-40-43-46-49-51-53-55-58-60-63-66-69-72-75-78-81-84-87-90-93-96-99-111(116)123-102-108(114)103-125-130(119,120)126-104-109(115)105-127-131(121,122)128-107-110(129-113(118)101-98-95-92-89-86-83-80-77-74-71-68-65-62-57-48-45-42-39-36-33-30-27-24-21-18-15-12-9-6-3)106-124-112(117)100-97-94-91-88-85-82-79-76-73-70-67-64-61-59-56-54-52-50-47-44-41-38-35-32-29-26-23-20-17-14-11-8-5-2/h7-12,16-21,25-30,34-39,43-48,108-110,114-115H,4-6,13-15,22-24,31-33,40-42,49-107H2,1-3H3,(H,119,120)(H,121,122)/b10-7-,11-8-,12-9-,19-16-,20-17-,21-18-,28-25-,29-26-,30-27-,37-34-,38-35-,39-36-,46-43-,47-44-,48-45-. The van der Waals surface area contributed by atoms with Crippen molar-refractivity contribution in [1.82, 2.24) is 0 Å². The SMILES string of the molecule is CC/C=C\C/C=C\C/C=C\C/C=C\C/C=C\CCCCCCCCCCCCCCCCCCCC(=O)OCC(O)COP(=O)(O)OCC(O)COP(=O)(O)OCC(COC(=O)CCCCCCCCCCCCCCCCCCC/C=C\C/C=C\C/C=C\C/C=C\C/C=C\CC)OC(=O)CCCCCCCCCCCCCCC/C=C\C/C=C\C/C=C\C/C=C\C/C=C\CC. The minimum atomic E-state index is -4.95. The lowest BCUT2D eigenvalue weighted by Gasteiger charge is -2.21. The summed E-state index contributed by atoms with van der Waals surface area (Å²) in [5, 5.41) is 20.8. The Kier molecular flexibility index (Phi) is 99.3. The maximum Gasteiger partial charge on any atom is 0.472 e. The molecule has 5 atom stereocenters. The molecule has 0 fully saturated rings. The number of carbonyl (C=O) groups excluding carboxylic acids is 3. The van der Waals surface area contributed by atoms with Crippen molar-refractivity contribution in [3.63, 3.8) is 0 Å². The molecule has 0 saturated heterocycles. The van der Waals surface area contributed by atoms with Gasteiger partial charge in [0.15, 0.2) is 6.10 Å². The molecule has 752 valence electrons. The van der Waals surface area contributed by atoms with Crippen LogP contribution in [-0.4, -0.2) is 95.9 Å². The molecule has 16 nitrogen and oxygen atoms in total. The Hall–Kier alpha value is -5.35. The van der Waals surface area contributed by atoms with Crippen LogP contribution in [0.5, 0.6) is 0 Å². The summed E-state index contributed by atoms with van der Waals surface area (Å²) in [5.74, 6) is -1.56. The van der Waals surface area contributed by atoms with Crippen molar-refractivity contribution in [3.8, 4) is 0 Å². The quantitative estimate of drug-likeness (QED) is 0.0146. The van der Waals surface area contributed by atoms with Crippen LogP contribution in [0.4, 0.5) is 0 Å². The summed E-state index contributed by atoms with van der Waals surface area (Å²) < 4.78 is 61.8. The average Bonchev–Trinajstić information content (AvgIpc) is 0.899. The van der Waals surface area contributed by atoms with E-state index >= 15 is 0 Å². The number of aliphatic hydroxyl groups excluding tert-OH is 2. The van der Waals surface area contributed by atoms with E-state index in [9.17, 15) is 43.5 Å². The zero-order chi connectivity index (χ0) is 95.0. The third kappa shape index (κ3) is 105. The number of carbonyl (C=O) groups is 3. The Balaban J connectivity index is 4.60. The number of ether oxygens (including phenoxy) is 3. The smallest absolute Gasteiger partial charge is 0.463 e. The van der Waals surface area contributed by atoms with Gasteiger partial charge >= 0.3 is 33.6 Å². The van der Waals surface area contributed by atoms with Crippen molar-refractivity contribution in [2.75, 3.05) is 39.6 Å². The van der Waals surface area contributed by atoms with Crippen molar-refractivity contribution in [3.05, 3.63) is 182 Å². The molecule has 0 aromatic rings. The molecule has 5 unspecified atom stereocenters. The third-order valence-corrected chi connectivity index (χ3v) is 24.5. The van der Waals surface area contributed by atoms with E-state index in [2.05, 4.69) is 203 Å². The van der Waals surface area contributed by atoms with E-state index in [0.29, 0.717) is 19.3 Å². The molecule has 0 spiro atoms. The maximum absolute atomic E-state index is 13.1. The fraction of sp³-hybridized carbons (Fsp3) is 0.708. The van der Waals surface area contributed by atoms with Gasteiger partial charge in [-0.3, -0.25) is 32.5 Å². The molecule has 0 aliphatic carbocycles. The first-order valence-electron chi connectivity index (χ1n) is 53.1. The van der Waals surface area contributed by atoms with Gasteiger partial charge in [0.2, 0.25) is 0 Å². The fourth-order valence-electron chi connectivity index (χ4n) is 14.7. The molecule has 0 aliphatic heterocycles. The van der Waals surface area contributed by atoms with Gasteiger partial charge in [-0.05, 0) is 154 Å². The summed E-state index contributed by atoms with van der Waals surface area (Å²) in [5.41, 5.74) is 0. The Bertz CT molecular complexity index is 3110. The second-order valence-electron chi connectivity index (χ2n) is 35.3. The Labute approximate surface area is 802 Å². The number of unbranched alkanes of at least 4 members (excludes halogenated alkanes) is 47. The molecule has 0 rings (SSSR count). The monoisotopic (exact) mass is 1870 g/mol. The van der Waals surface area contributed by atoms with Crippen LogP contribution in [0, 0.1) is 0 Å². The fourth-order valence-corrected chi connectivity index (χ4v) is 16.3. The lowest BCUT2D eigenvalue weighted by molar-refractivity contribution is -0.161. The number of allylic oxidation sites excluding steroid dienone is 30. The molecule has 0 radical (unpaired) electrons.